The third-order valence-corrected chi connectivity index (χ3v) is 2.54. The van der Waals surface area contributed by atoms with E-state index in [0.29, 0.717) is 6.07 Å². The van der Waals surface area contributed by atoms with Crippen molar-refractivity contribution in [2.75, 3.05) is 0 Å². The lowest BCUT2D eigenvalue weighted by atomic mass is 9.97. The van der Waals surface area contributed by atoms with Crippen LogP contribution in [-0.2, 0) is 19.1 Å². The van der Waals surface area contributed by atoms with Gasteiger partial charge in [-0.15, -0.1) is 0 Å². The van der Waals surface area contributed by atoms with Crippen LogP contribution in [0.25, 0.3) is 0 Å². The van der Waals surface area contributed by atoms with E-state index in [1.807, 2.05) is 0 Å². The number of rotatable bonds is 1. The summed E-state index contributed by atoms with van der Waals surface area (Å²) >= 11 is 0. The molecule has 0 atom stereocenters. The number of ether oxygens (including phenoxy) is 2. The van der Waals surface area contributed by atoms with E-state index >= 15 is 0 Å². The molecule has 7 heteroatoms. The molecule has 19 heavy (non-hydrogen) atoms. The Labute approximate surface area is 106 Å². The van der Waals surface area contributed by atoms with Gasteiger partial charge in [0.2, 0.25) is 0 Å². The maximum Gasteiger partial charge on any atom is 0.328 e. The number of hydrogen-bond donors (Lipinski definition) is 0. The van der Waals surface area contributed by atoms with Crippen LogP contribution in [0.2, 0.25) is 0 Å². The van der Waals surface area contributed by atoms with Crippen LogP contribution >= 0.6 is 0 Å². The second-order valence-corrected chi connectivity index (χ2v) is 4.44. The lowest BCUT2D eigenvalue weighted by molar-refractivity contribution is -0.234. The Bertz CT molecular complexity index is 548. The minimum absolute atomic E-state index is 0.619. The number of hydrogen-bond acceptors (Lipinski definition) is 4. The maximum absolute atomic E-state index is 13.6. The van der Waals surface area contributed by atoms with Gasteiger partial charge in [-0.2, -0.15) is 0 Å². The average molecular weight is 274 g/mol. The van der Waals surface area contributed by atoms with E-state index in [2.05, 4.69) is 0 Å². The van der Waals surface area contributed by atoms with Crippen molar-refractivity contribution in [2.45, 2.75) is 25.6 Å². The normalized spacial score (nSPS) is 19.0. The van der Waals surface area contributed by atoms with Gasteiger partial charge in [-0.05, 0) is 6.07 Å². The Morgan fingerprint density at radius 2 is 1.53 bits per heavy atom. The van der Waals surface area contributed by atoms with Crippen LogP contribution in [0.15, 0.2) is 12.1 Å². The van der Waals surface area contributed by atoms with Crippen LogP contribution in [-0.4, -0.2) is 17.7 Å². The van der Waals surface area contributed by atoms with Crippen molar-refractivity contribution in [1.29, 1.82) is 0 Å². The molecule has 1 fully saturated rings. The average Bonchev–Trinajstić information content (AvgIpc) is 2.26. The van der Waals surface area contributed by atoms with Crippen LogP contribution < -0.4 is 0 Å². The lowest BCUT2D eigenvalue weighted by Crippen LogP contribution is -2.45. The van der Waals surface area contributed by atoms with Crippen molar-refractivity contribution < 1.29 is 32.2 Å². The molecule has 0 bridgehead atoms. The summed E-state index contributed by atoms with van der Waals surface area (Å²) in [6.45, 7) is 2.64. The van der Waals surface area contributed by atoms with Crippen molar-refractivity contribution in [3.63, 3.8) is 0 Å². The van der Waals surface area contributed by atoms with E-state index in [1.54, 1.807) is 0 Å². The van der Waals surface area contributed by atoms with Crippen LogP contribution in [0.5, 0.6) is 0 Å². The third-order valence-electron chi connectivity index (χ3n) is 2.54. The SMILES string of the molecule is CC1(C)OC(=O)C(c2ccc(F)c(F)c2F)C(=O)O1. The molecule has 0 spiro atoms. The second kappa shape index (κ2) is 4.25. The third kappa shape index (κ3) is 2.27. The zero-order valence-corrected chi connectivity index (χ0v) is 10.00. The van der Waals surface area contributed by atoms with E-state index < -0.39 is 46.7 Å². The monoisotopic (exact) mass is 274 g/mol. The highest BCUT2D eigenvalue weighted by Crippen LogP contribution is 2.32. The van der Waals surface area contributed by atoms with E-state index in [4.69, 9.17) is 9.47 Å². The molecule has 4 nitrogen and oxygen atoms in total. The van der Waals surface area contributed by atoms with Gasteiger partial charge in [0.15, 0.2) is 23.4 Å². The predicted molar refractivity (Wildman–Crippen MR) is 55.3 cm³/mol. The quantitative estimate of drug-likeness (QED) is 0.446. The first-order chi connectivity index (χ1) is 8.73. The molecule has 0 radical (unpaired) electrons. The van der Waals surface area contributed by atoms with E-state index in [9.17, 15) is 22.8 Å². The molecule has 2 rings (SSSR count). The Balaban J connectivity index is 2.45. The second-order valence-electron chi connectivity index (χ2n) is 4.44. The summed E-state index contributed by atoms with van der Waals surface area (Å²) in [5.41, 5.74) is -0.621. The van der Waals surface area contributed by atoms with Crippen LogP contribution in [0, 0.1) is 17.5 Å². The summed E-state index contributed by atoms with van der Waals surface area (Å²) in [5, 5.41) is 0. The van der Waals surface area contributed by atoms with Gasteiger partial charge in [-0.1, -0.05) is 6.07 Å². The standard InChI is InChI=1S/C12H9F3O4/c1-12(2)18-10(16)7(11(17)19-12)5-3-4-6(13)9(15)8(5)14/h3-4,7H,1-2H3. The Morgan fingerprint density at radius 3 is 2.05 bits per heavy atom. The summed E-state index contributed by atoms with van der Waals surface area (Å²) in [5.74, 6) is -10.2. The molecule has 0 aromatic heterocycles. The largest absolute Gasteiger partial charge is 0.422 e. The van der Waals surface area contributed by atoms with Crippen molar-refractivity contribution in [3.8, 4) is 0 Å². The highest BCUT2D eigenvalue weighted by atomic mass is 19.2. The van der Waals surface area contributed by atoms with E-state index in [1.165, 1.54) is 13.8 Å². The van der Waals surface area contributed by atoms with Gasteiger partial charge in [0, 0.05) is 19.4 Å². The lowest BCUT2D eigenvalue weighted by Gasteiger charge is -2.33. The molecule has 1 aromatic rings. The van der Waals surface area contributed by atoms with Crippen molar-refractivity contribution in [2.24, 2.45) is 0 Å². The molecule has 1 aromatic carbocycles. The minimum Gasteiger partial charge on any atom is -0.422 e. The number of cyclic esters (lactones) is 2. The fraction of sp³-hybridized carbons (Fsp3) is 0.333. The molecule has 1 aliphatic rings. The molecule has 102 valence electrons. The Kier molecular flexibility index (Phi) is 3.00. The van der Waals surface area contributed by atoms with Gasteiger partial charge >= 0.3 is 11.9 Å². The first-order valence-corrected chi connectivity index (χ1v) is 5.32. The van der Waals surface area contributed by atoms with Gasteiger partial charge in [-0.3, -0.25) is 9.59 Å². The number of benzene rings is 1. The van der Waals surface area contributed by atoms with Crippen LogP contribution in [0.3, 0.4) is 0 Å². The maximum atomic E-state index is 13.6. The molecule has 0 amide bonds. The summed E-state index contributed by atoms with van der Waals surface area (Å²) in [6, 6.07) is 1.42. The van der Waals surface area contributed by atoms with Gasteiger partial charge in [0.05, 0.1) is 0 Å². The summed E-state index contributed by atoms with van der Waals surface area (Å²) in [4.78, 5) is 23.3. The van der Waals surface area contributed by atoms with Gasteiger partial charge in [0.1, 0.15) is 0 Å². The highest BCUT2D eigenvalue weighted by molar-refractivity contribution is 6.02. The number of carbonyl (C=O) groups is 2. The molecule has 1 heterocycles. The van der Waals surface area contributed by atoms with Gasteiger partial charge < -0.3 is 9.47 Å². The zero-order valence-electron chi connectivity index (χ0n) is 10.00. The van der Waals surface area contributed by atoms with E-state index in [0.717, 1.165) is 6.07 Å². The van der Waals surface area contributed by atoms with Crippen LogP contribution in [0.4, 0.5) is 13.2 Å². The Morgan fingerprint density at radius 1 is 1.00 bits per heavy atom. The molecule has 1 aliphatic heterocycles. The van der Waals surface area contributed by atoms with Gasteiger partial charge in [-0.25, -0.2) is 13.2 Å². The first-order valence-electron chi connectivity index (χ1n) is 5.32. The zero-order chi connectivity index (χ0) is 14.4. The molecule has 0 aliphatic carbocycles. The topological polar surface area (TPSA) is 52.6 Å². The van der Waals surface area contributed by atoms with Crippen molar-refractivity contribution in [3.05, 3.63) is 35.1 Å². The van der Waals surface area contributed by atoms with E-state index in [-0.39, 0.29) is 0 Å². The molecular weight excluding hydrogens is 265 g/mol. The molecular formula is C12H9F3O4. The number of halogens is 3. The highest BCUT2D eigenvalue weighted by Gasteiger charge is 2.45. The van der Waals surface area contributed by atoms with Gasteiger partial charge in [0.25, 0.3) is 5.79 Å². The van der Waals surface area contributed by atoms with Crippen LogP contribution in [0.1, 0.15) is 25.3 Å². The molecule has 0 saturated carbocycles. The summed E-state index contributed by atoms with van der Waals surface area (Å²) in [6.07, 6.45) is 0. The smallest absolute Gasteiger partial charge is 0.328 e. The summed E-state index contributed by atoms with van der Waals surface area (Å²) < 4.78 is 49.0. The molecule has 0 N–H and O–H groups in total. The first kappa shape index (κ1) is 13.4. The summed E-state index contributed by atoms with van der Waals surface area (Å²) in [7, 11) is 0. The fourth-order valence-electron chi connectivity index (χ4n) is 1.74. The minimum atomic E-state index is -1.76. The molecule has 1 saturated heterocycles. The number of carbonyl (C=O) groups excluding carboxylic acids is 2. The van der Waals surface area contributed by atoms with Crippen molar-refractivity contribution >= 4 is 11.9 Å². The van der Waals surface area contributed by atoms with Crippen molar-refractivity contribution in [1.82, 2.24) is 0 Å². The number of esters is 2. The molecule has 0 unspecified atom stereocenters. The Hall–Kier alpha value is -2.05. The predicted octanol–water partition coefficient (Wildman–Crippen LogP) is 2.02. The fourth-order valence-corrected chi connectivity index (χ4v) is 1.74.